The fourth-order valence-corrected chi connectivity index (χ4v) is 4.99. The van der Waals surface area contributed by atoms with Crippen LogP contribution in [-0.2, 0) is 18.5 Å². The van der Waals surface area contributed by atoms with Gasteiger partial charge >= 0.3 is 0 Å². The molecule has 1 aliphatic heterocycles. The second kappa shape index (κ2) is 7.58. The fourth-order valence-electron chi connectivity index (χ4n) is 4.99. The normalized spacial score (nSPS) is 22.6. The summed E-state index contributed by atoms with van der Waals surface area (Å²) in [6, 6.07) is 29.2. The highest BCUT2D eigenvalue weighted by Crippen LogP contribution is 2.42. The van der Waals surface area contributed by atoms with E-state index in [1.54, 1.807) is 0 Å². The molecule has 3 aromatic rings. The smallest absolute Gasteiger partial charge is 0.188 e. The van der Waals surface area contributed by atoms with E-state index in [1.807, 2.05) is 24.3 Å². The summed E-state index contributed by atoms with van der Waals surface area (Å²) in [7, 11) is 0. The molecule has 2 aliphatic rings. The van der Waals surface area contributed by atoms with Gasteiger partial charge in [0.2, 0.25) is 0 Å². The third-order valence-electron chi connectivity index (χ3n) is 6.50. The summed E-state index contributed by atoms with van der Waals surface area (Å²) in [5.74, 6) is 0.260. The molecular weight excluding hydrogens is 356 g/mol. The highest BCUT2D eigenvalue weighted by atomic mass is 16.1. The summed E-state index contributed by atoms with van der Waals surface area (Å²) in [4.78, 5) is 18.7. The Bertz CT molecular complexity index is 993. The molecule has 0 aromatic heterocycles. The van der Waals surface area contributed by atoms with Crippen molar-refractivity contribution in [1.29, 1.82) is 0 Å². The standard InChI is InChI=1S/C26H26N2O/c29-25-24-14-8-7-11-22(24)19-26(25,23-12-5-2-6-13-23)28-17-15-27(16-18-28)20-21-9-3-1-4-10-21/h1-14H,15-20H2. The monoisotopic (exact) mass is 382 g/mol. The van der Waals surface area contributed by atoms with Crippen molar-refractivity contribution in [2.24, 2.45) is 0 Å². The van der Waals surface area contributed by atoms with E-state index >= 15 is 0 Å². The van der Waals surface area contributed by atoms with Gasteiger partial charge in [-0.3, -0.25) is 14.6 Å². The van der Waals surface area contributed by atoms with Crippen LogP contribution < -0.4 is 0 Å². The molecule has 29 heavy (non-hydrogen) atoms. The molecule has 0 spiro atoms. The van der Waals surface area contributed by atoms with Gasteiger partial charge in [-0.1, -0.05) is 84.9 Å². The minimum atomic E-state index is -0.566. The first-order valence-corrected chi connectivity index (χ1v) is 10.5. The minimum absolute atomic E-state index is 0.260. The molecule has 5 rings (SSSR count). The maximum absolute atomic E-state index is 13.7. The Hall–Kier alpha value is -2.75. The molecule has 1 atom stereocenters. The van der Waals surface area contributed by atoms with Gasteiger partial charge in [0.05, 0.1) is 0 Å². The van der Waals surface area contributed by atoms with Crippen molar-refractivity contribution in [2.45, 2.75) is 18.5 Å². The second-order valence-electron chi connectivity index (χ2n) is 8.14. The van der Waals surface area contributed by atoms with Crippen LogP contribution in [0.2, 0.25) is 0 Å². The van der Waals surface area contributed by atoms with Crippen LogP contribution in [0.4, 0.5) is 0 Å². The van der Waals surface area contributed by atoms with Crippen LogP contribution in [0.1, 0.15) is 27.0 Å². The Kier molecular flexibility index (Phi) is 4.78. The molecule has 1 aliphatic carbocycles. The highest BCUT2D eigenvalue weighted by Gasteiger charge is 2.51. The van der Waals surface area contributed by atoms with E-state index in [-0.39, 0.29) is 5.78 Å². The molecule has 3 heteroatoms. The number of ketones is 1. The zero-order chi connectivity index (χ0) is 19.7. The van der Waals surface area contributed by atoms with Gasteiger partial charge in [0, 0.05) is 44.7 Å². The molecular formula is C26H26N2O. The lowest BCUT2D eigenvalue weighted by Crippen LogP contribution is -2.58. The Morgan fingerprint density at radius 2 is 1.34 bits per heavy atom. The topological polar surface area (TPSA) is 23.6 Å². The number of hydrogen-bond acceptors (Lipinski definition) is 3. The number of piperazine rings is 1. The predicted molar refractivity (Wildman–Crippen MR) is 116 cm³/mol. The van der Waals surface area contributed by atoms with E-state index in [2.05, 4.69) is 70.5 Å². The summed E-state index contributed by atoms with van der Waals surface area (Å²) in [5.41, 5.74) is 3.97. The minimum Gasteiger partial charge on any atom is -0.297 e. The molecule has 3 nitrogen and oxygen atoms in total. The van der Waals surface area contributed by atoms with Gasteiger partial charge in [0.1, 0.15) is 5.54 Å². The first-order chi connectivity index (χ1) is 14.3. The Morgan fingerprint density at radius 1 is 0.724 bits per heavy atom. The molecule has 1 fully saturated rings. The molecule has 146 valence electrons. The average molecular weight is 383 g/mol. The maximum Gasteiger partial charge on any atom is 0.188 e. The van der Waals surface area contributed by atoms with E-state index in [0.717, 1.165) is 50.3 Å². The average Bonchev–Trinajstić information content (AvgIpc) is 3.09. The Labute approximate surface area is 172 Å². The van der Waals surface area contributed by atoms with Gasteiger partial charge in [-0.15, -0.1) is 0 Å². The highest BCUT2D eigenvalue weighted by molar-refractivity contribution is 6.08. The quantitative estimate of drug-likeness (QED) is 0.678. The molecule has 0 N–H and O–H groups in total. The third kappa shape index (κ3) is 3.21. The van der Waals surface area contributed by atoms with Crippen LogP contribution in [0.5, 0.6) is 0 Å². The fraction of sp³-hybridized carbons (Fsp3) is 0.269. The van der Waals surface area contributed by atoms with Crippen molar-refractivity contribution >= 4 is 5.78 Å². The number of fused-ring (bicyclic) bond motifs is 1. The molecule has 0 bridgehead atoms. The van der Waals surface area contributed by atoms with Gasteiger partial charge in [-0.2, -0.15) is 0 Å². The maximum atomic E-state index is 13.7. The van der Waals surface area contributed by atoms with Crippen LogP contribution in [0.25, 0.3) is 0 Å². The summed E-state index contributed by atoms with van der Waals surface area (Å²) in [5, 5.41) is 0. The lowest BCUT2D eigenvalue weighted by atomic mass is 9.83. The van der Waals surface area contributed by atoms with Gasteiger partial charge in [0.25, 0.3) is 0 Å². The van der Waals surface area contributed by atoms with Crippen LogP contribution >= 0.6 is 0 Å². The van der Waals surface area contributed by atoms with Gasteiger partial charge in [-0.05, 0) is 16.7 Å². The molecule has 1 heterocycles. The number of nitrogens with zero attached hydrogens (tertiary/aromatic N) is 2. The number of Topliss-reactive ketones (excluding diaryl/α,β-unsaturated/α-hetero) is 1. The van der Waals surface area contributed by atoms with Crippen LogP contribution in [0.15, 0.2) is 84.9 Å². The SMILES string of the molecule is O=C1c2ccccc2CC1(c1ccccc1)N1CCN(Cc2ccccc2)CC1. The Morgan fingerprint density at radius 3 is 2.03 bits per heavy atom. The van der Waals surface area contributed by atoms with Crippen molar-refractivity contribution in [3.8, 4) is 0 Å². The zero-order valence-electron chi connectivity index (χ0n) is 16.6. The number of benzene rings is 3. The molecule has 1 unspecified atom stereocenters. The zero-order valence-corrected chi connectivity index (χ0v) is 16.6. The molecule has 0 saturated carbocycles. The van der Waals surface area contributed by atoms with E-state index in [4.69, 9.17) is 0 Å². The first-order valence-electron chi connectivity index (χ1n) is 10.5. The number of carbonyl (C=O) groups excluding carboxylic acids is 1. The predicted octanol–water partition coefficient (Wildman–Crippen LogP) is 4.14. The van der Waals surface area contributed by atoms with Crippen molar-refractivity contribution in [1.82, 2.24) is 9.80 Å². The third-order valence-corrected chi connectivity index (χ3v) is 6.50. The first kappa shape index (κ1) is 18.3. The lowest BCUT2D eigenvalue weighted by molar-refractivity contribution is 0.0288. The molecule has 1 saturated heterocycles. The van der Waals surface area contributed by atoms with E-state index in [9.17, 15) is 4.79 Å². The Balaban J connectivity index is 1.42. The largest absolute Gasteiger partial charge is 0.297 e. The van der Waals surface area contributed by atoms with Crippen LogP contribution in [0.3, 0.4) is 0 Å². The van der Waals surface area contributed by atoms with Crippen LogP contribution in [0, 0.1) is 0 Å². The number of carbonyl (C=O) groups is 1. The van der Waals surface area contributed by atoms with Gasteiger partial charge in [-0.25, -0.2) is 0 Å². The van der Waals surface area contributed by atoms with E-state index in [0.29, 0.717) is 0 Å². The summed E-state index contributed by atoms with van der Waals surface area (Å²) in [6.07, 6.45) is 0.769. The van der Waals surface area contributed by atoms with Crippen molar-refractivity contribution < 1.29 is 4.79 Å². The van der Waals surface area contributed by atoms with Gasteiger partial charge < -0.3 is 0 Å². The van der Waals surface area contributed by atoms with Crippen LogP contribution in [-0.4, -0.2) is 41.8 Å². The lowest BCUT2D eigenvalue weighted by Gasteiger charge is -2.45. The second-order valence-corrected chi connectivity index (χ2v) is 8.14. The number of hydrogen-bond donors (Lipinski definition) is 0. The van der Waals surface area contributed by atoms with E-state index in [1.165, 1.54) is 11.1 Å². The summed E-state index contributed by atoms with van der Waals surface area (Å²) >= 11 is 0. The summed E-state index contributed by atoms with van der Waals surface area (Å²) < 4.78 is 0. The molecule has 0 radical (unpaired) electrons. The van der Waals surface area contributed by atoms with Crippen molar-refractivity contribution in [3.63, 3.8) is 0 Å². The molecule has 0 amide bonds. The molecule has 3 aromatic carbocycles. The van der Waals surface area contributed by atoms with E-state index < -0.39 is 5.54 Å². The number of rotatable bonds is 4. The summed E-state index contributed by atoms with van der Waals surface area (Å²) in [6.45, 7) is 4.74. The van der Waals surface area contributed by atoms with Crippen molar-refractivity contribution in [2.75, 3.05) is 26.2 Å². The van der Waals surface area contributed by atoms with Crippen molar-refractivity contribution in [3.05, 3.63) is 107 Å². The van der Waals surface area contributed by atoms with Gasteiger partial charge in [0.15, 0.2) is 5.78 Å².